The molecule has 46 heavy (non-hydrogen) atoms. The molecule has 10 nitrogen and oxygen atoms in total. The lowest BCUT2D eigenvalue weighted by molar-refractivity contribution is 0.0951. The molecule has 1 aromatic heterocycles. The molecule has 0 spiro atoms. The van der Waals surface area contributed by atoms with E-state index < -0.39 is 33.4 Å². The van der Waals surface area contributed by atoms with E-state index in [2.05, 4.69) is 43.1 Å². The second kappa shape index (κ2) is 14.8. The van der Waals surface area contributed by atoms with Crippen LogP contribution in [0.1, 0.15) is 62.0 Å². The van der Waals surface area contributed by atoms with Crippen LogP contribution in [0.5, 0.6) is 5.75 Å². The highest BCUT2D eigenvalue weighted by Crippen LogP contribution is 2.39. The van der Waals surface area contributed by atoms with E-state index in [0.717, 1.165) is 18.7 Å². The maximum atomic E-state index is 13.7. The number of rotatable bonds is 13. The minimum Gasteiger partial charge on any atom is -0.507 e. The van der Waals surface area contributed by atoms with Crippen molar-refractivity contribution in [1.29, 1.82) is 0 Å². The number of carbonyl (C=O) groups excluding carboxylic acids is 1. The van der Waals surface area contributed by atoms with Gasteiger partial charge in [0, 0.05) is 37.2 Å². The Labute approximate surface area is 270 Å². The first kappa shape index (κ1) is 34.6. The van der Waals surface area contributed by atoms with Crippen molar-refractivity contribution in [2.45, 2.75) is 45.4 Å². The first-order valence-corrected chi connectivity index (χ1v) is 16.8. The maximum absolute atomic E-state index is 13.7. The van der Waals surface area contributed by atoms with E-state index in [1.54, 1.807) is 31.2 Å². The summed E-state index contributed by atoms with van der Waals surface area (Å²) in [5.41, 5.74) is 3.25. The first-order chi connectivity index (χ1) is 21.8. The first-order valence-electron chi connectivity index (χ1n) is 15.3. The third-order valence-corrected chi connectivity index (χ3v) is 8.67. The van der Waals surface area contributed by atoms with E-state index in [4.69, 9.17) is 9.56 Å². The Morgan fingerprint density at radius 1 is 0.913 bits per heavy atom. The molecule has 244 valence electrons. The Balaban J connectivity index is 1.89. The Morgan fingerprint density at radius 2 is 1.50 bits per heavy atom. The molecule has 4 aromatic rings. The van der Waals surface area contributed by atoms with Crippen LogP contribution in [0.4, 0.5) is 0 Å². The standard InChI is InChI=1S/C35H42N4O6S/c1-22(2)19-39(20-23(3)4)21-28(24(5)37-38-34(41)27-16-10-12-18-30(27)46(36,43)44)31(25-13-7-6-8-14-25)32-33(40)26-15-9-11-17-29(26)45-35(32)42/h6-18,22-23,28,31,40H,19-21H2,1-5H3,(H,38,41)(H2,36,43,44)/b37-24-/t28-,31-/m0/s1. The number of nitrogens with one attached hydrogen (secondary N) is 1. The van der Waals surface area contributed by atoms with Crippen molar-refractivity contribution in [2.24, 2.45) is 28.0 Å². The summed E-state index contributed by atoms with van der Waals surface area (Å²) in [6, 6.07) is 21.8. The second-order valence-electron chi connectivity index (χ2n) is 12.4. The van der Waals surface area contributed by atoms with Crippen LogP contribution in [0, 0.1) is 17.8 Å². The molecular weight excluding hydrogens is 604 g/mol. The topological polar surface area (TPSA) is 155 Å². The fraction of sp³-hybridized carbons (Fsp3) is 0.343. The molecule has 0 saturated heterocycles. The minimum atomic E-state index is -4.17. The van der Waals surface area contributed by atoms with Crippen molar-refractivity contribution < 1.29 is 22.7 Å². The number of sulfonamides is 1. The molecule has 1 amide bonds. The van der Waals surface area contributed by atoms with Gasteiger partial charge in [-0.25, -0.2) is 23.8 Å². The molecule has 0 aliphatic rings. The van der Waals surface area contributed by atoms with Gasteiger partial charge in [-0.1, -0.05) is 82.3 Å². The lowest BCUT2D eigenvalue weighted by Gasteiger charge is -2.34. The number of nitrogens with zero attached hydrogens (tertiary/aromatic N) is 2. The lowest BCUT2D eigenvalue weighted by atomic mass is 9.78. The molecule has 4 N–H and O–H groups in total. The van der Waals surface area contributed by atoms with Crippen molar-refractivity contribution in [3.8, 4) is 5.75 Å². The number of hydrazone groups is 1. The summed E-state index contributed by atoms with van der Waals surface area (Å²) in [5.74, 6) is -1.53. The van der Waals surface area contributed by atoms with E-state index in [1.165, 1.54) is 24.3 Å². The highest BCUT2D eigenvalue weighted by atomic mass is 32.2. The van der Waals surface area contributed by atoms with Gasteiger partial charge in [0.05, 0.1) is 21.4 Å². The zero-order valence-electron chi connectivity index (χ0n) is 26.8. The molecular formula is C35H42N4O6S. The van der Waals surface area contributed by atoms with Crippen LogP contribution in [0.15, 0.2) is 98.1 Å². The van der Waals surface area contributed by atoms with Gasteiger partial charge in [0.25, 0.3) is 5.91 Å². The van der Waals surface area contributed by atoms with Crippen LogP contribution in [0.3, 0.4) is 0 Å². The van der Waals surface area contributed by atoms with E-state index in [9.17, 15) is 23.1 Å². The van der Waals surface area contributed by atoms with Gasteiger partial charge >= 0.3 is 5.63 Å². The second-order valence-corrected chi connectivity index (χ2v) is 13.9. The highest BCUT2D eigenvalue weighted by molar-refractivity contribution is 7.89. The van der Waals surface area contributed by atoms with Gasteiger partial charge in [0.15, 0.2) is 0 Å². The summed E-state index contributed by atoms with van der Waals surface area (Å²) < 4.78 is 30.0. The average Bonchev–Trinajstić information content (AvgIpc) is 3.00. The number of carbonyl (C=O) groups is 1. The Morgan fingerprint density at radius 3 is 2.13 bits per heavy atom. The molecule has 4 rings (SSSR count). The fourth-order valence-corrected chi connectivity index (χ4v) is 6.62. The van der Waals surface area contributed by atoms with E-state index in [1.807, 2.05) is 30.3 Å². The summed E-state index contributed by atoms with van der Waals surface area (Å²) in [6.07, 6.45) is 0. The quantitative estimate of drug-likeness (QED) is 0.101. The fourth-order valence-electron chi connectivity index (χ4n) is 5.88. The van der Waals surface area contributed by atoms with Crippen LogP contribution in [0.25, 0.3) is 11.0 Å². The van der Waals surface area contributed by atoms with E-state index >= 15 is 0 Å². The Kier molecular flexibility index (Phi) is 11.2. The van der Waals surface area contributed by atoms with Crippen molar-refractivity contribution in [2.75, 3.05) is 19.6 Å². The summed E-state index contributed by atoms with van der Waals surface area (Å²) in [7, 11) is -4.17. The number of nitrogens with two attached hydrogens (primary N) is 1. The highest BCUT2D eigenvalue weighted by Gasteiger charge is 2.35. The van der Waals surface area contributed by atoms with Gasteiger partial charge in [0.2, 0.25) is 10.0 Å². The summed E-state index contributed by atoms with van der Waals surface area (Å²) in [6.45, 7) is 12.2. The zero-order valence-corrected chi connectivity index (χ0v) is 27.6. The number of para-hydroxylation sites is 1. The number of primary sulfonamides is 1. The van der Waals surface area contributed by atoms with E-state index in [0.29, 0.717) is 29.5 Å². The van der Waals surface area contributed by atoms with Gasteiger partial charge in [-0.2, -0.15) is 5.10 Å². The third-order valence-electron chi connectivity index (χ3n) is 7.70. The molecule has 0 aliphatic carbocycles. The molecule has 0 radical (unpaired) electrons. The molecule has 11 heteroatoms. The molecule has 2 atom stereocenters. The maximum Gasteiger partial charge on any atom is 0.343 e. The number of fused-ring (bicyclic) bond motifs is 1. The average molecular weight is 647 g/mol. The van der Waals surface area contributed by atoms with Crippen LogP contribution in [-0.4, -0.2) is 49.7 Å². The summed E-state index contributed by atoms with van der Waals surface area (Å²) in [5, 5.41) is 21.9. The molecule has 1 heterocycles. The predicted molar refractivity (Wildman–Crippen MR) is 180 cm³/mol. The normalized spacial score (nSPS) is 13.8. The van der Waals surface area contributed by atoms with Crippen molar-refractivity contribution in [3.05, 3.63) is 106 Å². The molecule has 0 bridgehead atoms. The van der Waals surface area contributed by atoms with Crippen LogP contribution >= 0.6 is 0 Å². The number of aromatic hydroxyl groups is 1. The predicted octanol–water partition coefficient (Wildman–Crippen LogP) is 5.31. The third kappa shape index (κ3) is 8.28. The van der Waals surface area contributed by atoms with Gasteiger partial charge < -0.3 is 14.4 Å². The molecule has 0 aliphatic heterocycles. The minimum absolute atomic E-state index is 0.0874. The SMILES string of the molecule is C/C(=N/NC(=O)c1ccccc1S(N)(=O)=O)[C@H](CN(CC(C)C)CC(C)C)[C@H](c1ccccc1)c1c(O)c2ccccc2oc1=O. The summed E-state index contributed by atoms with van der Waals surface area (Å²) >= 11 is 0. The van der Waals surface area contributed by atoms with Crippen molar-refractivity contribution >= 4 is 32.6 Å². The number of hydrogen-bond acceptors (Lipinski definition) is 8. The van der Waals surface area contributed by atoms with Crippen molar-refractivity contribution in [3.63, 3.8) is 0 Å². The Bertz CT molecular complexity index is 1860. The largest absolute Gasteiger partial charge is 0.507 e. The number of hydrogen-bond donors (Lipinski definition) is 3. The molecule has 0 unspecified atom stereocenters. The number of amides is 1. The molecule has 0 saturated carbocycles. The summed E-state index contributed by atoms with van der Waals surface area (Å²) in [4.78, 5) is 28.9. The van der Waals surface area contributed by atoms with Crippen LogP contribution in [0.2, 0.25) is 0 Å². The molecule has 0 fully saturated rings. The lowest BCUT2D eigenvalue weighted by Crippen LogP contribution is -2.41. The van der Waals surface area contributed by atoms with Crippen molar-refractivity contribution in [1.82, 2.24) is 10.3 Å². The monoisotopic (exact) mass is 646 g/mol. The van der Waals surface area contributed by atoms with Gasteiger partial charge in [0.1, 0.15) is 11.3 Å². The Hall–Kier alpha value is -4.32. The zero-order chi connectivity index (χ0) is 33.6. The van der Waals surface area contributed by atoms with Gasteiger partial charge in [-0.15, -0.1) is 0 Å². The van der Waals surface area contributed by atoms with Gasteiger partial charge in [-0.3, -0.25) is 4.79 Å². The smallest absolute Gasteiger partial charge is 0.343 e. The molecule has 3 aromatic carbocycles. The number of benzene rings is 3. The van der Waals surface area contributed by atoms with Crippen LogP contribution < -0.4 is 16.2 Å². The van der Waals surface area contributed by atoms with Gasteiger partial charge in [-0.05, 0) is 48.6 Å². The van der Waals surface area contributed by atoms with Crippen LogP contribution in [-0.2, 0) is 10.0 Å². The van der Waals surface area contributed by atoms with E-state index in [-0.39, 0.29) is 27.4 Å².